The van der Waals surface area contributed by atoms with Gasteiger partial charge in [0.1, 0.15) is 0 Å². The molecule has 0 spiro atoms. The minimum atomic E-state index is -0.364. The molecule has 0 bridgehead atoms. The largest absolute Gasteiger partial charge is 0.328 e. The maximum absolute atomic E-state index is 11.6. The topological polar surface area (TPSA) is 54.9 Å². The third kappa shape index (κ3) is 7.63. The SMILES string of the molecule is CC(C)=CCCC(C)=CCCC(C)=CCn1c(=O)cc[nH]c1=O. The van der Waals surface area contributed by atoms with Crippen molar-refractivity contribution in [1.82, 2.24) is 9.55 Å². The fourth-order valence-corrected chi connectivity index (χ4v) is 2.21. The molecule has 1 aromatic rings. The van der Waals surface area contributed by atoms with Crippen LogP contribution in [0.3, 0.4) is 0 Å². The van der Waals surface area contributed by atoms with E-state index in [1.165, 1.54) is 33.5 Å². The number of hydrogen-bond donors (Lipinski definition) is 1. The molecule has 0 aromatic carbocycles. The van der Waals surface area contributed by atoms with Crippen molar-refractivity contribution in [3.8, 4) is 0 Å². The van der Waals surface area contributed by atoms with E-state index >= 15 is 0 Å². The van der Waals surface area contributed by atoms with E-state index < -0.39 is 0 Å². The van der Waals surface area contributed by atoms with Crippen LogP contribution >= 0.6 is 0 Å². The van der Waals surface area contributed by atoms with E-state index in [1.807, 2.05) is 13.0 Å². The molecule has 0 saturated heterocycles. The molecule has 126 valence electrons. The van der Waals surface area contributed by atoms with Crippen LogP contribution in [0.15, 0.2) is 56.8 Å². The van der Waals surface area contributed by atoms with Crippen molar-refractivity contribution in [2.24, 2.45) is 0 Å². The number of allylic oxidation sites excluding steroid dienone is 6. The molecular weight excluding hydrogens is 288 g/mol. The number of nitrogens with one attached hydrogen (secondary N) is 1. The molecule has 0 radical (unpaired) electrons. The first-order valence-electron chi connectivity index (χ1n) is 8.13. The highest BCUT2D eigenvalue weighted by atomic mass is 16.2. The molecule has 4 heteroatoms. The number of hydrogen-bond acceptors (Lipinski definition) is 2. The zero-order valence-electron chi connectivity index (χ0n) is 14.7. The highest BCUT2D eigenvalue weighted by molar-refractivity contribution is 5.05. The number of aromatic amines is 1. The molecule has 0 unspecified atom stereocenters. The molecule has 0 saturated carbocycles. The van der Waals surface area contributed by atoms with E-state index in [0.717, 1.165) is 25.7 Å². The smallest absolute Gasteiger partial charge is 0.314 e. The normalized spacial score (nSPS) is 12.3. The molecule has 1 aromatic heterocycles. The van der Waals surface area contributed by atoms with E-state index in [1.54, 1.807) is 0 Å². The van der Waals surface area contributed by atoms with Crippen molar-refractivity contribution in [2.75, 3.05) is 0 Å². The second-order valence-corrected chi connectivity index (χ2v) is 6.19. The van der Waals surface area contributed by atoms with E-state index in [9.17, 15) is 9.59 Å². The third-order valence-electron chi connectivity index (χ3n) is 3.69. The molecule has 4 nitrogen and oxygen atoms in total. The summed E-state index contributed by atoms with van der Waals surface area (Å²) in [5.74, 6) is 0. The highest BCUT2D eigenvalue weighted by Crippen LogP contribution is 2.11. The summed E-state index contributed by atoms with van der Waals surface area (Å²) in [6, 6.07) is 1.36. The molecule has 0 atom stereocenters. The van der Waals surface area contributed by atoms with Gasteiger partial charge >= 0.3 is 5.69 Å². The average molecular weight is 316 g/mol. The van der Waals surface area contributed by atoms with Crippen molar-refractivity contribution in [1.29, 1.82) is 0 Å². The first kappa shape index (κ1) is 18.9. The van der Waals surface area contributed by atoms with E-state index in [4.69, 9.17) is 0 Å². The monoisotopic (exact) mass is 316 g/mol. The summed E-state index contributed by atoms with van der Waals surface area (Å²) in [6.07, 6.45) is 12.0. The van der Waals surface area contributed by atoms with Crippen molar-refractivity contribution >= 4 is 0 Å². The minimum absolute atomic E-state index is 0.271. The Morgan fingerprint density at radius 2 is 1.61 bits per heavy atom. The quantitative estimate of drug-likeness (QED) is 0.738. The highest BCUT2D eigenvalue weighted by Gasteiger charge is 1.98. The molecule has 0 aliphatic rings. The van der Waals surface area contributed by atoms with Gasteiger partial charge in [-0.05, 0) is 53.4 Å². The maximum Gasteiger partial charge on any atom is 0.328 e. The van der Waals surface area contributed by atoms with E-state index in [-0.39, 0.29) is 11.2 Å². The van der Waals surface area contributed by atoms with Crippen molar-refractivity contribution in [3.05, 3.63) is 68.0 Å². The molecule has 0 aliphatic heterocycles. The van der Waals surface area contributed by atoms with Crippen LogP contribution in [0.2, 0.25) is 0 Å². The Bertz CT molecular complexity index is 670. The fraction of sp³-hybridized carbons (Fsp3) is 0.474. The van der Waals surface area contributed by atoms with Gasteiger partial charge < -0.3 is 4.98 Å². The molecule has 0 fully saturated rings. The summed E-state index contributed by atoms with van der Waals surface area (Å²) in [5, 5.41) is 0. The Balaban J connectivity index is 2.47. The summed E-state index contributed by atoms with van der Waals surface area (Å²) in [6.45, 7) is 8.77. The van der Waals surface area contributed by atoms with Crippen molar-refractivity contribution in [2.45, 2.75) is 59.9 Å². The molecule has 1 heterocycles. The molecule has 1 N–H and O–H groups in total. The van der Waals surface area contributed by atoms with Crippen LogP contribution in [0, 0.1) is 0 Å². The Kier molecular flexibility index (Phi) is 8.09. The van der Waals surface area contributed by atoms with Gasteiger partial charge in [-0.15, -0.1) is 0 Å². The predicted molar refractivity (Wildman–Crippen MR) is 96.7 cm³/mol. The average Bonchev–Trinajstić information content (AvgIpc) is 2.46. The van der Waals surface area contributed by atoms with Crippen LogP contribution in [0.5, 0.6) is 0 Å². The van der Waals surface area contributed by atoms with Gasteiger partial charge in [0.15, 0.2) is 0 Å². The van der Waals surface area contributed by atoms with E-state index in [2.05, 4.69) is 37.9 Å². The van der Waals surface area contributed by atoms with Gasteiger partial charge in [-0.3, -0.25) is 9.36 Å². The maximum atomic E-state index is 11.6. The fourth-order valence-electron chi connectivity index (χ4n) is 2.21. The summed E-state index contributed by atoms with van der Waals surface area (Å²) >= 11 is 0. The Morgan fingerprint density at radius 3 is 2.22 bits per heavy atom. The van der Waals surface area contributed by atoms with Crippen molar-refractivity contribution < 1.29 is 0 Å². The third-order valence-corrected chi connectivity index (χ3v) is 3.69. The first-order valence-corrected chi connectivity index (χ1v) is 8.13. The van der Waals surface area contributed by atoms with Crippen LogP contribution in [0.25, 0.3) is 0 Å². The van der Waals surface area contributed by atoms with Gasteiger partial charge in [-0.25, -0.2) is 4.79 Å². The van der Waals surface area contributed by atoms with Crippen LogP contribution in [-0.2, 0) is 6.54 Å². The predicted octanol–water partition coefficient (Wildman–Crippen LogP) is 3.96. The number of H-pyrrole nitrogens is 1. The molecule has 0 aliphatic carbocycles. The second-order valence-electron chi connectivity index (χ2n) is 6.19. The van der Waals surface area contributed by atoms with Crippen LogP contribution < -0.4 is 11.2 Å². The van der Waals surface area contributed by atoms with Gasteiger partial charge in [0.2, 0.25) is 0 Å². The van der Waals surface area contributed by atoms with E-state index in [0.29, 0.717) is 6.54 Å². The summed E-state index contributed by atoms with van der Waals surface area (Å²) in [4.78, 5) is 25.7. The van der Waals surface area contributed by atoms with Crippen LogP contribution in [-0.4, -0.2) is 9.55 Å². The summed E-state index contributed by atoms with van der Waals surface area (Å²) in [5.41, 5.74) is 3.33. The zero-order valence-corrected chi connectivity index (χ0v) is 14.7. The van der Waals surface area contributed by atoms with Gasteiger partial charge in [0.25, 0.3) is 5.56 Å². The van der Waals surface area contributed by atoms with Crippen LogP contribution in [0.1, 0.15) is 53.4 Å². The molecular formula is C19H28N2O2. The lowest BCUT2D eigenvalue weighted by Crippen LogP contribution is -2.33. The lowest BCUT2D eigenvalue weighted by Gasteiger charge is -2.03. The van der Waals surface area contributed by atoms with Gasteiger partial charge in [0, 0.05) is 18.8 Å². The molecule has 1 rings (SSSR count). The Labute approximate surface area is 138 Å². The standard InChI is InChI=1S/C19H28N2O2/c1-15(2)7-5-8-16(3)9-6-10-17(4)12-14-21-18(22)11-13-20-19(21)23/h7,9,11-13H,5-6,8,10,14H2,1-4H3,(H,20,23). The van der Waals surface area contributed by atoms with Gasteiger partial charge in [0.05, 0.1) is 0 Å². The zero-order chi connectivity index (χ0) is 17.2. The van der Waals surface area contributed by atoms with Crippen LogP contribution in [0.4, 0.5) is 0 Å². The van der Waals surface area contributed by atoms with Crippen molar-refractivity contribution in [3.63, 3.8) is 0 Å². The first-order chi connectivity index (χ1) is 10.9. The van der Waals surface area contributed by atoms with Gasteiger partial charge in [-0.1, -0.05) is 34.9 Å². The summed E-state index contributed by atoms with van der Waals surface area (Å²) in [7, 11) is 0. The minimum Gasteiger partial charge on any atom is -0.314 e. The number of nitrogens with zero attached hydrogens (tertiary/aromatic N) is 1. The lowest BCUT2D eigenvalue weighted by molar-refractivity contribution is 0.707. The molecule has 23 heavy (non-hydrogen) atoms. The second kappa shape index (κ2) is 9.82. The number of rotatable bonds is 8. The lowest BCUT2D eigenvalue weighted by atomic mass is 10.1. The summed E-state index contributed by atoms with van der Waals surface area (Å²) < 4.78 is 1.20. The Hall–Kier alpha value is -2.10. The molecule has 0 amide bonds. The van der Waals surface area contributed by atoms with Gasteiger partial charge in [-0.2, -0.15) is 0 Å². The Morgan fingerprint density at radius 1 is 1.00 bits per heavy atom. The number of aromatic nitrogens is 2.